The molecule has 0 spiro atoms. The number of carbonyl (C=O) groups is 1. The van der Waals surface area contributed by atoms with E-state index in [4.69, 9.17) is 5.11 Å². The first kappa shape index (κ1) is 12.3. The van der Waals surface area contributed by atoms with Crippen molar-refractivity contribution in [1.82, 2.24) is 4.31 Å². The molecule has 0 aromatic rings. The van der Waals surface area contributed by atoms with E-state index < -0.39 is 33.7 Å². The Balaban J connectivity index is 3.02. The molecule has 1 heterocycles. The van der Waals surface area contributed by atoms with Crippen LogP contribution in [-0.2, 0) is 14.8 Å². The Labute approximate surface area is 85.7 Å². The highest BCUT2D eigenvalue weighted by Crippen LogP contribution is 2.29. The molecule has 15 heavy (non-hydrogen) atoms. The van der Waals surface area contributed by atoms with E-state index in [1.807, 2.05) is 0 Å². The number of aliphatic carboxylic acids is 1. The summed E-state index contributed by atoms with van der Waals surface area (Å²) in [5.41, 5.74) is 0. The summed E-state index contributed by atoms with van der Waals surface area (Å²) in [7, 11) is -4.78. The quantitative estimate of drug-likeness (QED) is 0.775. The molecule has 8 heteroatoms. The maximum atomic E-state index is 12.2. The lowest BCUT2D eigenvalue weighted by atomic mass is 10.0. The van der Waals surface area contributed by atoms with Gasteiger partial charge in [-0.05, 0) is 12.3 Å². The summed E-state index contributed by atoms with van der Waals surface area (Å²) in [6.45, 7) is 1.37. The van der Waals surface area contributed by atoms with Crippen LogP contribution < -0.4 is 0 Å². The molecule has 1 N–H and O–H groups in total. The first-order valence-corrected chi connectivity index (χ1v) is 5.80. The topological polar surface area (TPSA) is 74.7 Å². The highest BCUT2D eigenvalue weighted by molar-refractivity contribution is 7.89. The van der Waals surface area contributed by atoms with E-state index in [9.17, 15) is 22.0 Å². The number of carboxylic acid groups (broad SMARTS) is 1. The van der Waals surface area contributed by atoms with Crippen LogP contribution in [0, 0.1) is 5.92 Å². The van der Waals surface area contributed by atoms with Gasteiger partial charge in [-0.15, -0.1) is 0 Å². The number of carboxylic acids is 1. The summed E-state index contributed by atoms with van der Waals surface area (Å²) in [5.74, 6) is -5.40. The maximum Gasteiger partial charge on any atom is 0.350 e. The van der Waals surface area contributed by atoms with Crippen molar-refractivity contribution >= 4 is 16.0 Å². The number of hydrogen-bond donors (Lipinski definition) is 1. The van der Waals surface area contributed by atoms with Gasteiger partial charge in [0.05, 0.1) is 0 Å². The molecule has 2 unspecified atom stereocenters. The first-order valence-electron chi connectivity index (χ1n) is 4.30. The second kappa shape index (κ2) is 4.01. The number of rotatable bonds is 3. The van der Waals surface area contributed by atoms with E-state index in [-0.39, 0.29) is 13.0 Å². The molecule has 0 aromatic carbocycles. The molecular formula is C7H11F2NO4S. The summed E-state index contributed by atoms with van der Waals surface area (Å²) in [4.78, 5) is 10.7. The van der Waals surface area contributed by atoms with Crippen molar-refractivity contribution in [1.29, 1.82) is 0 Å². The molecule has 0 radical (unpaired) electrons. The van der Waals surface area contributed by atoms with Crippen LogP contribution in [0.4, 0.5) is 8.78 Å². The lowest BCUT2D eigenvalue weighted by Crippen LogP contribution is -2.44. The Morgan fingerprint density at radius 1 is 1.53 bits per heavy atom. The van der Waals surface area contributed by atoms with Crippen molar-refractivity contribution in [3.63, 3.8) is 0 Å². The van der Waals surface area contributed by atoms with Crippen LogP contribution in [0.1, 0.15) is 13.3 Å². The number of alkyl halides is 2. The van der Waals surface area contributed by atoms with Crippen molar-refractivity contribution in [2.24, 2.45) is 5.92 Å². The third kappa shape index (κ3) is 2.10. The van der Waals surface area contributed by atoms with Crippen LogP contribution in [0.2, 0.25) is 0 Å². The van der Waals surface area contributed by atoms with E-state index >= 15 is 0 Å². The molecular weight excluding hydrogens is 232 g/mol. The second-order valence-corrected chi connectivity index (χ2v) is 5.32. The zero-order valence-corrected chi connectivity index (χ0v) is 8.75. The Morgan fingerprint density at radius 2 is 2.07 bits per heavy atom. The molecule has 0 amide bonds. The fourth-order valence-corrected chi connectivity index (χ4v) is 2.85. The minimum atomic E-state index is -4.78. The van der Waals surface area contributed by atoms with Gasteiger partial charge in [0.15, 0.2) is 0 Å². The molecule has 1 fully saturated rings. The first-order chi connectivity index (χ1) is 6.78. The Morgan fingerprint density at radius 3 is 2.47 bits per heavy atom. The van der Waals surface area contributed by atoms with Gasteiger partial charge in [-0.25, -0.2) is 8.42 Å². The lowest BCUT2D eigenvalue weighted by molar-refractivity contribution is -0.141. The predicted molar refractivity (Wildman–Crippen MR) is 46.8 cm³/mol. The summed E-state index contributed by atoms with van der Waals surface area (Å²) >= 11 is 0. The van der Waals surface area contributed by atoms with Gasteiger partial charge in [0.25, 0.3) is 10.0 Å². The Hall–Kier alpha value is -0.760. The molecule has 1 rings (SSSR count). The van der Waals surface area contributed by atoms with Gasteiger partial charge in [-0.3, -0.25) is 4.79 Å². The molecule has 2 atom stereocenters. The van der Waals surface area contributed by atoms with Crippen molar-refractivity contribution in [3.05, 3.63) is 0 Å². The van der Waals surface area contributed by atoms with E-state index in [0.29, 0.717) is 4.31 Å². The van der Waals surface area contributed by atoms with E-state index in [1.165, 1.54) is 6.92 Å². The monoisotopic (exact) mass is 243 g/mol. The molecule has 88 valence electrons. The van der Waals surface area contributed by atoms with Gasteiger partial charge < -0.3 is 5.11 Å². The van der Waals surface area contributed by atoms with Crippen LogP contribution in [0.3, 0.4) is 0 Å². The summed E-state index contributed by atoms with van der Waals surface area (Å²) in [5, 5.41) is 8.75. The minimum absolute atomic E-state index is 0.162. The third-order valence-corrected chi connectivity index (χ3v) is 3.97. The largest absolute Gasteiger partial charge is 0.480 e. The molecule has 0 aliphatic carbocycles. The molecule has 0 bridgehead atoms. The van der Waals surface area contributed by atoms with Gasteiger partial charge in [-0.1, -0.05) is 6.92 Å². The van der Waals surface area contributed by atoms with Gasteiger partial charge in [0, 0.05) is 6.54 Å². The van der Waals surface area contributed by atoms with Crippen LogP contribution in [0.5, 0.6) is 0 Å². The summed E-state index contributed by atoms with van der Waals surface area (Å²) < 4.78 is 47.0. The summed E-state index contributed by atoms with van der Waals surface area (Å²) in [6.07, 6.45) is 0.281. The van der Waals surface area contributed by atoms with Gasteiger partial charge in [0.2, 0.25) is 0 Å². The number of halogens is 2. The maximum absolute atomic E-state index is 12.2. The SMILES string of the molecule is CC1CCN(S(=O)(=O)C(F)F)C1C(=O)O. The Kier molecular flexibility index (Phi) is 3.29. The second-order valence-electron chi connectivity index (χ2n) is 3.47. The van der Waals surface area contributed by atoms with Gasteiger partial charge >= 0.3 is 11.7 Å². The standard InChI is InChI=1S/C7H11F2NO4S/c1-4-2-3-10(5(4)6(11)12)15(13,14)7(8)9/h4-5,7H,2-3H2,1H3,(H,11,12). The smallest absolute Gasteiger partial charge is 0.350 e. The normalized spacial score (nSPS) is 28.5. The molecule has 1 aliphatic heterocycles. The van der Waals surface area contributed by atoms with Crippen molar-refractivity contribution in [2.75, 3.05) is 6.54 Å². The fraction of sp³-hybridized carbons (Fsp3) is 0.857. The van der Waals surface area contributed by atoms with E-state index in [0.717, 1.165) is 0 Å². The summed E-state index contributed by atoms with van der Waals surface area (Å²) in [6, 6.07) is -1.37. The van der Waals surface area contributed by atoms with Crippen LogP contribution >= 0.6 is 0 Å². The van der Waals surface area contributed by atoms with Crippen molar-refractivity contribution in [3.8, 4) is 0 Å². The fourth-order valence-electron chi connectivity index (χ4n) is 1.67. The van der Waals surface area contributed by atoms with Gasteiger partial charge in [-0.2, -0.15) is 13.1 Å². The molecule has 0 saturated carbocycles. The van der Waals surface area contributed by atoms with Crippen LogP contribution in [0.15, 0.2) is 0 Å². The molecule has 1 saturated heterocycles. The van der Waals surface area contributed by atoms with Gasteiger partial charge in [0.1, 0.15) is 6.04 Å². The number of sulfonamides is 1. The zero-order valence-electron chi connectivity index (χ0n) is 7.93. The van der Waals surface area contributed by atoms with E-state index in [2.05, 4.69) is 0 Å². The number of nitrogens with zero attached hydrogens (tertiary/aromatic N) is 1. The Bertz CT molecular complexity index is 356. The molecule has 1 aliphatic rings. The predicted octanol–water partition coefficient (Wildman–Crippen LogP) is 0.334. The third-order valence-electron chi connectivity index (χ3n) is 2.46. The lowest BCUT2D eigenvalue weighted by Gasteiger charge is -2.21. The molecule has 5 nitrogen and oxygen atoms in total. The van der Waals surface area contributed by atoms with Crippen molar-refractivity contribution < 1.29 is 27.1 Å². The number of hydrogen-bond acceptors (Lipinski definition) is 3. The minimum Gasteiger partial charge on any atom is -0.480 e. The highest BCUT2D eigenvalue weighted by atomic mass is 32.2. The van der Waals surface area contributed by atoms with Crippen LogP contribution in [-0.4, -0.2) is 42.1 Å². The zero-order chi connectivity index (χ0) is 11.8. The average Bonchev–Trinajstić information content (AvgIpc) is 2.47. The van der Waals surface area contributed by atoms with Crippen LogP contribution in [0.25, 0.3) is 0 Å². The van der Waals surface area contributed by atoms with Crippen molar-refractivity contribution in [2.45, 2.75) is 25.1 Å². The molecule has 0 aromatic heterocycles. The van der Waals surface area contributed by atoms with E-state index in [1.54, 1.807) is 0 Å². The highest BCUT2D eigenvalue weighted by Gasteiger charge is 2.46. The average molecular weight is 243 g/mol.